The van der Waals surface area contributed by atoms with Crippen molar-refractivity contribution in [2.75, 3.05) is 16.4 Å². The van der Waals surface area contributed by atoms with Crippen molar-refractivity contribution >= 4 is 23.1 Å². The van der Waals surface area contributed by atoms with Crippen LogP contribution in [0, 0.1) is 0 Å². The summed E-state index contributed by atoms with van der Waals surface area (Å²) in [5, 5.41) is 5.15. The normalized spacial score (nSPS) is 10.2. The molecule has 0 saturated carbocycles. The molecule has 0 aliphatic heterocycles. The van der Waals surface area contributed by atoms with E-state index in [2.05, 4.69) is 15.4 Å². The van der Waals surface area contributed by atoms with E-state index in [0.29, 0.717) is 17.1 Å². The van der Waals surface area contributed by atoms with Crippen molar-refractivity contribution in [1.82, 2.24) is 0 Å². The van der Waals surface area contributed by atoms with Gasteiger partial charge in [-0.25, -0.2) is 4.79 Å². The fraction of sp³-hybridized carbons (Fsp3) is 0.0714. The first-order valence-electron chi connectivity index (χ1n) is 6.01. The molecule has 7 heteroatoms. The van der Waals surface area contributed by atoms with E-state index in [9.17, 15) is 13.6 Å². The number of anilines is 3. The van der Waals surface area contributed by atoms with E-state index in [4.69, 9.17) is 5.73 Å². The van der Waals surface area contributed by atoms with Gasteiger partial charge < -0.3 is 21.1 Å². The van der Waals surface area contributed by atoms with Crippen LogP contribution in [0.5, 0.6) is 5.75 Å². The first kappa shape index (κ1) is 14.6. The summed E-state index contributed by atoms with van der Waals surface area (Å²) >= 11 is 0. The molecule has 0 spiro atoms. The van der Waals surface area contributed by atoms with Crippen LogP contribution in [-0.2, 0) is 0 Å². The average molecular weight is 293 g/mol. The van der Waals surface area contributed by atoms with Crippen LogP contribution in [0.15, 0.2) is 48.5 Å². The molecule has 0 atom stereocenters. The summed E-state index contributed by atoms with van der Waals surface area (Å²) < 4.78 is 28.2. The van der Waals surface area contributed by atoms with Crippen LogP contribution in [0.4, 0.5) is 30.6 Å². The van der Waals surface area contributed by atoms with Crippen molar-refractivity contribution < 1.29 is 18.3 Å². The summed E-state index contributed by atoms with van der Waals surface area (Å²) in [6.45, 7) is -2.88. The zero-order valence-electron chi connectivity index (χ0n) is 10.8. The minimum Gasteiger partial charge on any atom is -0.435 e. The highest BCUT2D eigenvalue weighted by Gasteiger charge is 2.06. The molecule has 2 rings (SSSR count). The number of hydrogen-bond acceptors (Lipinski definition) is 3. The molecule has 0 saturated heterocycles. The highest BCUT2D eigenvalue weighted by molar-refractivity contribution is 5.99. The molecule has 2 aromatic rings. The maximum atomic E-state index is 12.0. The van der Waals surface area contributed by atoms with Gasteiger partial charge in [-0.2, -0.15) is 8.78 Å². The van der Waals surface area contributed by atoms with E-state index < -0.39 is 12.6 Å². The molecule has 21 heavy (non-hydrogen) atoms. The third-order valence-corrected chi connectivity index (χ3v) is 2.48. The predicted octanol–water partition coefficient (Wildman–Crippen LogP) is 3.51. The number of halogens is 2. The third kappa shape index (κ3) is 4.64. The van der Waals surface area contributed by atoms with Gasteiger partial charge in [0.15, 0.2) is 0 Å². The number of ether oxygens (including phenoxy) is 1. The topological polar surface area (TPSA) is 76.4 Å². The van der Waals surface area contributed by atoms with Gasteiger partial charge in [-0.15, -0.1) is 0 Å². The number of carbonyl (C=O) groups is 1. The molecule has 0 aliphatic carbocycles. The number of hydrogen-bond donors (Lipinski definition) is 3. The molecule has 110 valence electrons. The lowest BCUT2D eigenvalue weighted by atomic mass is 10.3. The van der Waals surface area contributed by atoms with Gasteiger partial charge in [-0.3, -0.25) is 0 Å². The number of alkyl halides is 2. The standard InChI is InChI=1S/C14H13F2N3O2/c15-13(16)21-12-6-4-10(5-7-12)18-14(20)19-11-3-1-2-9(17)8-11/h1-8,13H,17H2,(H2,18,19,20). The summed E-state index contributed by atoms with van der Waals surface area (Å²) in [6.07, 6.45) is 0. The molecule has 4 N–H and O–H groups in total. The lowest BCUT2D eigenvalue weighted by Gasteiger charge is -2.09. The van der Waals surface area contributed by atoms with Crippen molar-refractivity contribution in [3.05, 3.63) is 48.5 Å². The van der Waals surface area contributed by atoms with Crippen molar-refractivity contribution in [3.63, 3.8) is 0 Å². The molecule has 2 aromatic carbocycles. The summed E-state index contributed by atoms with van der Waals surface area (Å²) in [6, 6.07) is 11.8. The van der Waals surface area contributed by atoms with Gasteiger partial charge in [0.25, 0.3) is 0 Å². The number of carbonyl (C=O) groups excluding carboxylic acids is 1. The van der Waals surface area contributed by atoms with Crippen LogP contribution in [0.2, 0.25) is 0 Å². The Labute approximate surface area is 119 Å². The second-order valence-electron chi connectivity index (χ2n) is 4.11. The predicted molar refractivity (Wildman–Crippen MR) is 76.6 cm³/mol. The van der Waals surface area contributed by atoms with Crippen LogP contribution >= 0.6 is 0 Å². The second kappa shape index (κ2) is 6.56. The summed E-state index contributed by atoms with van der Waals surface area (Å²) in [7, 11) is 0. The largest absolute Gasteiger partial charge is 0.435 e. The average Bonchev–Trinajstić information content (AvgIpc) is 2.40. The van der Waals surface area contributed by atoms with Crippen molar-refractivity contribution in [3.8, 4) is 5.75 Å². The van der Waals surface area contributed by atoms with Gasteiger partial charge in [0.1, 0.15) is 5.75 Å². The zero-order chi connectivity index (χ0) is 15.2. The van der Waals surface area contributed by atoms with Gasteiger partial charge >= 0.3 is 12.6 Å². The monoisotopic (exact) mass is 293 g/mol. The summed E-state index contributed by atoms with van der Waals surface area (Å²) in [5.74, 6) is 0.0202. The van der Waals surface area contributed by atoms with E-state index in [1.54, 1.807) is 24.3 Å². The van der Waals surface area contributed by atoms with Crippen LogP contribution in [0.1, 0.15) is 0 Å². The lowest BCUT2D eigenvalue weighted by molar-refractivity contribution is -0.0498. The number of nitrogen functional groups attached to an aromatic ring is 1. The number of amides is 2. The van der Waals surface area contributed by atoms with Crippen LogP contribution in [0.3, 0.4) is 0 Å². The van der Waals surface area contributed by atoms with Crippen LogP contribution < -0.4 is 21.1 Å². The molecule has 0 bridgehead atoms. The number of benzene rings is 2. The van der Waals surface area contributed by atoms with Crippen molar-refractivity contribution in [2.45, 2.75) is 6.61 Å². The Morgan fingerprint density at radius 1 is 1.05 bits per heavy atom. The third-order valence-electron chi connectivity index (χ3n) is 2.48. The van der Waals surface area contributed by atoms with Gasteiger partial charge in [-0.1, -0.05) is 6.07 Å². The molecule has 0 radical (unpaired) electrons. The molecule has 0 fully saturated rings. The zero-order valence-corrected chi connectivity index (χ0v) is 10.8. The van der Waals surface area contributed by atoms with Crippen molar-refractivity contribution in [2.24, 2.45) is 0 Å². The van der Waals surface area contributed by atoms with Gasteiger partial charge in [0.2, 0.25) is 0 Å². The van der Waals surface area contributed by atoms with E-state index in [1.165, 1.54) is 24.3 Å². The summed E-state index contributed by atoms with van der Waals surface area (Å²) in [5.41, 5.74) is 7.11. The molecule has 0 aliphatic rings. The van der Waals surface area contributed by atoms with E-state index in [0.717, 1.165) is 0 Å². The smallest absolute Gasteiger partial charge is 0.387 e. The van der Waals surface area contributed by atoms with Gasteiger partial charge in [0, 0.05) is 17.1 Å². The van der Waals surface area contributed by atoms with Crippen LogP contribution in [0.25, 0.3) is 0 Å². The Morgan fingerprint density at radius 2 is 1.71 bits per heavy atom. The fourth-order valence-corrected chi connectivity index (χ4v) is 1.63. The van der Waals surface area contributed by atoms with Gasteiger partial charge in [-0.05, 0) is 42.5 Å². The Balaban J connectivity index is 1.93. The van der Waals surface area contributed by atoms with Gasteiger partial charge in [0.05, 0.1) is 0 Å². The molecule has 0 heterocycles. The number of urea groups is 1. The van der Waals surface area contributed by atoms with E-state index in [-0.39, 0.29) is 5.75 Å². The maximum absolute atomic E-state index is 12.0. The van der Waals surface area contributed by atoms with E-state index in [1.807, 2.05) is 0 Å². The fourth-order valence-electron chi connectivity index (χ4n) is 1.63. The molecular formula is C14H13F2N3O2. The number of nitrogens with one attached hydrogen (secondary N) is 2. The molecular weight excluding hydrogens is 280 g/mol. The van der Waals surface area contributed by atoms with E-state index >= 15 is 0 Å². The Morgan fingerprint density at radius 3 is 2.33 bits per heavy atom. The highest BCUT2D eigenvalue weighted by Crippen LogP contribution is 2.18. The molecule has 0 aromatic heterocycles. The minimum atomic E-state index is -2.88. The Bertz CT molecular complexity index is 618. The van der Waals surface area contributed by atoms with Crippen molar-refractivity contribution in [1.29, 1.82) is 0 Å². The first-order valence-corrected chi connectivity index (χ1v) is 6.01. The first-order chi connectivity index (χ1) is 10.0. The van der Waals surface area contributed by atoms with Crippen LogP contribution in [-0.4, -0.2) is 12.6 Å². The summed E-state index contributed by atoms with van der Waals surface area (Å²) in [4.78, 5) is 11.7. The highest BCUT2D eigenvalue weighted by atomic mass is 19.3. The minimum absolute atomic E-state index is 0.0202. The molecule has 0 unspecified atom stereocenters. The lowest BCUT2D eigenvalue weighted by Crippen LogP contribution is -2.19. The second-order valence-corrected chi connectivity index (χ2v) is 4.11. The quantitative estimate of drug-likeness (QED) is 0.755. The number of rotatable bonds is 4. The number of nitrogens with two attached hydrogens (primary N) is 1. The molecule has 2 amide bonds. The SMILES string of the molecule is Nc1cccc(NC(=O)Nc2ccc(OC(F)F)cc2)c1. The Kier molecular flexibility index (Phi) is 4.55. The Hall–Kier alpha value is -2.83. The maximum Gasteiger partial charge on any atom is 0.387 e. The molecule has 5 nitrogen and oxygen atoms in total.